The maximum atomic E-state index is 11.7. The average molecular weight is 498 g/mol. The monoisotopic (exact) mass is 497 g/mol. The molecule has 0 aliphatic rings. The Morgan fingerprint density at radius 3 is 1.61 bits per heavy atom. The summed E-state index contributed by atoms with van der Waals surface area (Å²) in [7, 11) is 1.47. The summed E-state index contributed by atoms with van der Waals surface area (Å²) in [6.07, 6.45) is -1.11. The highest BCUT2D eigenvalue weighted by Crippen LogP contribution is 2.27. The van der Waals surface area contributed by atoms with Crippen LogP contribution in [0.2, 0.25) is 6.04 Å². The summed E-state index contributed by atoms with van der Waals surface area (Å²) in [5, 5.41) is 37.6. The molecule has 0 amide bonds. The molecule has 192 valence electrons. The molecule has 0 radical (unpaired) electrons. The second-order valence-electron chi connectivity index (χ2n) is 7.47. The highest BCUT2D eigenvalue weighted by molar-refractivity contribution is 6.60. The first kappa shape index (κ1) is 30.9. The summed E-state index contributed by atoms with van der Waals surface area (Å²) < 4.78 is 16.1. The third-order valence-corrected chi connectivity index (χ3v) is 7.97. The molecule has 0 unspecified atom stereocenters. The van der Waals surface area contributed by atoms with Crippen molar-refractivity contribution in [2.75, 3.05) is 60.6 Å². The second-order valence-corrected chi connectivity index (χ2v) is 10.6. The number of carboxylic acids is 4. The van der Waals surface area contributed by atoms with Crippen LogP contribution < -0.4 is 5.73 Å². The molecule has 14 nitrogen and oxygen atoms in total. The van der Waals surface area contributed by atoms with Crippen LogP contribution >= 0.6 is 0 Å². The van der Waals surface area contributed by atoms with Gasteiger partial charge in [0.15, 0.2) is 0 Å². The first-order chi connectivity index (χ1) is 15.4. The molecule has 0 rings (SSSR count). The molecule has 15 heteroatoms. The molecule has 6 N–H and O–H groups in total. The lowest BCUT2D eigenvalue weighted by atomic mass is 9.87. The molecule has 0 heterocycles. The van der Waals surface area contributed by atoms with E-state index >= 15 is 0 Å². The van der Waals surface area contributed by atoms with E-state index in [0.717, 1.165) is 4.90 Å². The van der Waals surface area contributed by atoms with Gasteiger partial charge in [0.2, 0.25) is 0 Å². The van der Waals surface area contributed by atoms with Crippen LogP contribution in [-0.2, 0) is 32.5 Å². The molecule has 0 fully saturated rings. The van der Waals surface area contributed by atoms with Crippen molar-refractivity contribution in [2.45, 2.75) is 30.8 Å². The van der Waals surface area contributed by atoms with E-state index in [1.165, 1.54) is 21.3 Å². The summed E-state index contributed by atoms with van der Waals surface area (Å²) in [6.45, 7) is -1.25. The van der Waals surface area contributed by atoms with Crippen LogP contribution in [0, 0.1) is 0 Å². The Balaban J connectivity index is 6.05. The largest absolute Gasteiger partial charge is 0.500 e. The maximum Gasteiger partial charge on any atom is 0.500 e. The minimum absolute atomic E-state index is 0.148. The summed E-state index contributed by atoms with van der Waals surface area (Å²) in [6, 6.07) is 0.399. The zero-order chi connectivity index (χ0) is 25.7. The zero-order valence-corrected chi connectivity index (χ0v) is 20.2. The number of carboxylic acid groups (broad SMARTS) is 4. The third kappa shape index (κ3) is 11.0. The topological polar surface area (TPSA) is 209 Å². The molecule has 0 atom stereocenters. The molecule has 0 saturated carbocycles. The fourth-order valence-electron chi connectivity index (χ4n) is 3.72. The van der Waals surface area contributed by atoms with Gasteiger partial charge in [-0.15, -0.1) is 0 Å². The number of aliphatic carboxylic acids is 4. The number of nitrogens with two attached hydrogens (primary N) is 1. The number of carbonyl (C=O) groups is 4. The van der Waals surface area contributed by atoms with Crippen molar-refractivity contribution >= 4 is 32.7 Å². The Bertz CT molecular complexity index is 620. The molecular weight excluding hydrogens is 462 g/mol. The average Bonchev–Trinajstić information content (AvgIpc) is 2.69. The molecule has 33 heavy (non-hydrogen) atoms. The van der Waals surface area contributed by atoms with Gasteiger partial charge in [0.1, 0.15) is 0 Å². The van der Waals surface area contributed by atoms with Gasteiger partial charge in [0, 0.05) is 47.0 Å². The normalized spacial score (nSPS) is 12.3. The molecule has 0 aromatic carbocycles. The molecule has 0 aromatic heterocycles. The molecule has 0 saturated heterocycles. The van der Waals surface area contributed by atoms with E-state index in [1.54, 1.807) is 4.90 Å². The maximum absolute atomic E-state index is 11.7. The van der Waals surface area contributed by atoms with E-state index in [2.05, 4.69) is 0 Å². The van der Waals surface area contributed by atoms with E-state index < -0.39 is 64.2 Å². The Kier molecular flexibility index (Phi) is 13.9. The Labute approximate surface area is 193 Å². The van der Waals surface area contributed by atoms with Crippen LogP contribution in [-0.4, -0.2) is 129 Å². The third-order valence-electron chi connectivity index (χ3n) is 5.14. The Hall–Kier alpha value is -2.14. The molecule has 0 aromatic rings. The van der Waals surface area contributed by atoms with E-state index in [4.69, 9.17) is 19.0 Å². The number of hydrogen-bond donors (Lipinski definition) is 5. The van der Waals surface area contributed by atoms with E-state index in [9.17, 15) is 39.6 Å². The van der Waals surface area contributed by atoms with Gasteiger partial charge < -0.3 is 44.3 Å². The van der Waals surface area contributed by atoms with E-state index in [-0.39, 0.29) is 19.6 Å². The molecule has 0 aliphatic carbocycles. The lowest BCUT2D eigenvalue weighted by Crippen LogP contribution is -2.60. The van der Waals surface area contributed by atoms with Crippen LogP contribution in [0.15, 0.2) is 0 Å². The van der Waals surface area contributed by atoms with Crippen molar-refractivity contribution in [3.63, 3.8) is 0 Å². The number of rotatable bonds is 20. The second kappa shape index (κ2) is 14.9. The van der Waals surface area contributed by atoms with E-state index in [0.29, 0.717) is 19.0 Å². The lowest BCUT2D eigenvalue weighted by Gasteiger charge is -2.44. The standard InChI is InChI=1S/C18H35N3O11Si/c1-30-33(31-2,32-3)8-4-6-20(7-5-19)13-18(9-14(22)23,10-15(24)25)21(11-16(26)27)12-17(28)29/h4-13,19H2,1-3H3,(H,22,23)(H,24,25)(H,26,27)(H,28,29). The zero-order valence-electron chi connectivity index (χ0n) is 19.2. The van der Waals surface area contributed by atoms with Crippen LogP contribution in [0.3, 0.4) is 0 Å². The van der Waals surface area contributed by atoms with E-state index in [1.807, 2.05) is 0 Å². The summed E-state index contributed by atoms with van der Waals surface area (Å²) in [5.74, 6) is -5.63. The van der Waals surface area contributed by atoms with Crippen molar-refractivity contribution in [1.29, 1.82) is 0 Å². The highest BCUT2D eigenvalue weighted by atomic mass is 28.4. The smallest absolute Gasteiger partial charge is 0.481 e. The van der Waals surface area contributed by atoms with Gasteiger partial charge in [-0.2, -0.15) is 0 Å². The summed E-state index contributed by atoms with van der Waals surface area (Å²) in [4.78, 5) is 48.7. The first-order valence-corrected chi connectivity index (χ1v) is 12.0. The number of nitrogens with zero attached hydrogens (tertiary/aromatic N) is 2. The minimum Gasteiger partial charge on any atom is -0.481 e. The highest BCUT2D eigenvalue weighted by Gasteiger charge is 2.44. The van der Waals surface area contributed by atoms with Crippen LogP contribution in [0.1, 0.15) is 19.3 Å². The van der Waals surface area contributed by atoms with Crippen LogP contribution in [0.4, 0.5) is 0 Å². The predicted molar refractivity (Wildman–Crippen MR) is 116 cm³/mol. The molecule has 0 aliphatic heterocycles. The molecule has 0 spiro atoms. The fraction of sp³-hybridized carbons (Fsp3) is 0.778. The van der Waals surface area contributed by atoms with Gasteiger partial charge in [0.25, 0.3) is 0 Å². The first-order valence-electron chi connectivity index (χ1n) is 10.1. The summed E-state index contributed by atoms with van der Waals surface area (Å²) >= 11 is 0. The fourth-order valence-corrected chi connectivity index (χ4v) is 5.43. The predicted octanol–water partition coefficient (Wildman–Crippen LogP) is -1.33. The molecular formula is C18H35N3O11Si. The van der Waals surface area contributed by atoms with Gasteiger partial charge >= 0.3 is 32.7 Å². The van der Waals surface area contributed by atoms with Crippen LogP contribution in [0.25, 0.3) is 0 Å². The summed E-state index contributed by atoms with van der Waals surface area (Å²) in [5.41, 5.74) is 3.87. The van der Waals surface area contributed by atoms with Crippen molar-refractivity contribution in [3.05, 3.63) is 0 Å². The van der Waals surface area contributed by atoms with Crippen LogP contribution in [0.5, 0.6) is 0 Å². The van der Waals surface area contributed by atoms with Crippen molar-refractivity contribution in [3.8, 4) is 0 Å². The number of hydrogen-bond acceptors (Lipinski definition) is 10. The van der Waals surface area contributed by atoms with Gasteiger partial charge in [-0.25, -0.2) is 0 Å². The Morgan fingerprint density at radius 2 is 1.27 bits per heavy atom. The SMILES string of the molecule is CO[Si](CCCN(CCN)CC(CC(=O)O)(CC(=O)O)N(CC(=O)O)CC(=O)O)(OC)OC. The Morgan fingerprint density at radius 1 is 0.818 bits per heavy atom. The minimum atomic E-state index is -2.90. The van der Waals surface area contributed by atoms with Gasteiger partial charge in [-0.1, -0.05) is 0 Å². The van der Waals surface area contributed by atoms with Gasteiger partial charge in [0.05, 0.1) is 31.5 Å². The van der Waals surface area contributed by atoms with Crippen molar-refractivity contribution in [1.82, 2.24) is 9.80 Å². The lowest BCUT2D eigenvalue weighted by molar-refractivity contribution is -0.155. The quantitative estimate of drug-likeness (QED) is 0.123. The van der Waals surface area contributed by atoms with Gasteiger partial charge in [-0.3, -0.25) is 24.1 Å². The van der Waals surface area contributed by atoms with Gasteiger partial charge in [-0.05, 0) is 13.0 Å². The van der Waals surface area contributed by atoms with Crippen molar-refractivity contribution < 1.29 is 52.9 Å². The van der Waals surface area contributed by atoms with Crippen molar-refractivity contribution in [2.24, 2.45) is 5.73 Å². The molecule has 0 bridgehead atoms.